The lowest BCUT2D eigenvalue weighted by atomic mass is 9.90. The molecule has 1 fully saturated rings. The molecule has 2 rings (SSSR count). The van der Waals surface area contributed by atoms with Crippen molar-refractivity contribution in [3.05, 3.63) is 18.2 Å². The first-order valence-corrected chi connectivity index (χ1v) is 7.39. The third-order valence-corrected chi connectivity index (χ3v) is 4.02. The molecule has 5 nitrogen and oxygen atoms in total. The second kappa shape index (κ2) is 7.31. The van der Waals surface area contributed by atoms with E-state index in [1.54, 1.807) is 32.4 Å². The second-order valence-electron chi connectivity index (χ2n) is 5.50. The van der Waals surface area contributed by atoms with E-state index in [-0.39, 0.29) is 11.9 Å². The van der Waals surface area contributed by atoms with Gasteiger partial charge in [0.2, 0.25) is 5.91 Å². The molecular weight excluding hydrogens is 268 g/mol. The highest BCUT2D eigenvalue weighted by molar-refractivity contribution is 5.92. The lowest BCUT2D eigenvalue weighted by Crippen LogP contribution is -2.42. The maximum Gasteiger partial charge on any atom is 0.226 e. The molecule has 0 aliphatic carbocycles. The van der Waals surface area contributed by atoms with E-state index in [1.165, 1.54) is 12.8 Å². The third kappa shape index (κ3) is 4.11. The highest BCUT2D eigenvalue weighted by Gasteiger charge is 2.23. The monoisotopic (exact) mass is 292 g/mol. The van der Waals surface area contributed by atoms with Crippen LogP contribution in [0.5, 0.6) is 11.5 Å². The summed E-state index contributed by atoms with van der Waals surface area (Å²) in [5, 5.41) is 6.34. The molecule has 21 heavy (non-hydrogen) atoms. The quantitative estimate of drug-likeness (QED) is 0.875. The number of hydrogen-bond acceptors (Lipinski definition) is 4. The number of amides is 1. The highest BCUT2D eigenvalue weighted by atomic mass is 16.5. The van der Waals surface area contributed by atoms with Crippen LogP contribution < -0.4 is 20.1 Å². The van der Waals surface area contributed by atoms with Crippen molar-refractivity contribution in [1.29, 1.82) is 0 Å². The van der Waals surface area contributed by atoms with Crippen molar-refractivity contribution >= 4 is 11.6 Å². The van der Waals surface area contributed by atoms with Gasteiger partial charge in [0.25, 0.3) is 0 Å². The van der Waals surface area contributed by atoms with Crippen molar-refractivity contribution in [2.75, 3.05) is 26.1 Å². The summed E-state index contributed by atoms with van der Waals surface area (Å²) in [4.78, 5) is 12.2. The van der Waals surface area contributed by atoms with Gasteiger partial charge < -0.3 is 20.1 Å². The first kappa shape index (κ1) is 15.6. The first-order valence-electron chi connectivity index (χ1n) is 7.39. The van der Waals surface area contributed by atoms with Crippen molar-refractivity contribution in [3.63, 3.8) is 0 Å². The summed E-state index contributed by atoms with van der Waals surface area (Å²) in [5.74, 6) is 1.84. The fraction of sp³-hybridized carbons (Fsp3) is 0.562. The minimum absolute atomic E-state index is 0.00437. The van der Waals surface area contributed by atoms with Gasteiger partial charge in [0.1, 0.15) is 11.5 Å². The van der Waals surface area contributed by atoms with Gasteiger partial charge in [-0.2, -0.15) is 0 Å². The lowest BCUT2D eigenvalue weighted by molar-refractivity contribution is -0.117. The van der Waals surface area contributed by atoms with Crippen molar-refractivity contribution < 1.29 is 14.3 Å². The normalized spacial score (nSPS) is 21.7. The predicted molar refractivity (Wildman–Crippen MR) is 83.0 cm³/mol. The maximum absolute atomic E-state index is 12.2. The Morgan fingerprint density at radius 2 is 2.19 bits per heavy atom. The number of carbonyl (C=O) groups excluding carboxylic acids is 1. The molecule has 1 aliphatic heterocycles. The molecule has 2 unspecified atom stereocenters. The molecule has 0 aromatic heterocycles. The second-order valence-corrected chi connectivity index (χ2v) is 5.50. The number of carbonyl (C=O) groups is 1. The van der Waals surface area contributed by atoms with Crippen LogP contribution in [-0.4, -0.2) is 32.7 Å². The Labute approximate surface area is 126 Å². The molecule has 5 heteroatoms. The average Bonchev–Trinajstić information content (AvgIpc) is 2.50. The van der Waals surface area contributed by atoms with Crippen LogP contribution in [0.2, 0.25) is 0 Å². The van der Waals surface area contributed by atoms with E-state index in [4.69, 9.17) is 9.47 Å². The molecule has 116 valence electrons. The van der Waals surface area contributed by atoms with Gasteiger partial charge in [-0.25, -0.2) is 0 Å². The summed E-state index contributed by atoms with van der Waals surface area (Å²) >= 11 is 0. The van der Waals surface area contributed by atoms with Crippen LogP contribution >= 0.6 is 0 Å². The predicted octanol–water partition coefficient (Wildman–Crippen LogP) is 2.42. The molecule has 1 aromatic carbocycles. The summed E-state index contributed by atoms with van der Waals surface area (Å²) in [5.41, 5.74) is 0.673. The maximum atomic E-state index is 12.2. The standard InChI is InChI=1S/C16H24N2O3/c1-11-5-4-8-17-14(11)10-16(19)18-13-7-6-12(20-2)9-15(13)21-3/h6-7,9,11,14,17H,4-5,8,10H2,1-3H3,(H,18,19). The Morgan fingerprint density at radius 3 is 2.86 bits per heavy atom. The molecular formula is C16H24N2O3. The van der Waals surface area contributed by atoms with Crippen LogP contribution in [0.1, 0.15) is 26.2 Å². The average molecular weight is 292 g/mol. The Balaban J connectivity index is 1.98. The van der Waals surface area contributed by atoms with Crippen molar-refractivity contribution in [2.45, 2.75) is 32.2 Å². The van der Waals surface area contributed by atoms with Gasteiger partial charge >= 0.3 is 0 Å². The number of benzene rings is 1. The van der Waals surface area contributed by atoms with Crippen molar-refractivity contribution in [2.24, 2.45) is 5.92 Å². The molecule has 1 amide bonds. The fourth-order valence-electron chi connectivity index (χ4n) is 2.69. The summed E-state index contributed by atoms with van der Waals surface area (Å²) < 4.78 is 10.4. The summed E-state index contributed by atoms with van der Waals surface area (Å²) in [7, 11) is 3.18. The van der Waals surface area contributed by atoms with Gasteiger partial charge in [-0.1, -0.05) is 6.92 Å². The van der Waals surface area contributed by atoms with Gasteiger partial charge in [0, 0.05) is 18.5 Å². The van der Waals surface area contributed by atoms with E-state index >= 15 is 0 Å². The van der Waals surface area contributed by atoms with Crippen molar-refractivity contribution in [1.82, 2.24) is 5.32 Å². The van der Waals surface area contributed by atoms with Crippen LogP contribution in [0.3, 0.4) is 0 Å². The van der Waals surface area contributed by atoms with E-state index in [9.17, 15) is 4.79 Å². The topological polar surface area (TPSA) is 59.6 Å². The zero-order valence-electron chi connectivity index (χ0n) is 12.9. The molecule has 2 N–H and O–H groups in total. The number of ether oxygens (including phenoxy) is 2. The third-order valence-electron chi connectivity index (χ3n) is 4.02. The van der Waals surface area contributed by atoms with E-state index in [0.717, 1.165) is 6.54 Å². The van der Waals surface area contributed by atoms with Gasteiger partial charge in [0.15, 0.2) is 0 Å². The van der Waals surface area contributed by atoms with Gasteiger partial charge in [-0.05, 0) is 37.4 Å². The van der Waals surface area contributed by atoms with E-state index in [0.29, 0.717) is 29.5 Å². The highest BCUT2D eigenvalue weighted by Crippen LogP contribution is 2.29. The molecule has 1 saturated heterocycles. The fourth-order valence-corrected chi connectivity index (χ4v) is 2.69. The van der Waals surface area contributed by atoms with Crippen LogP contribution in [0.25, 0.3) is 0 Å². The number of nitrogens with one attached hydrogen (secondary N) is 2. The number of piperidine rings is 1. The smallest absolute Gasteiger partial charge is 0.226 e. The molecule has 0 spiro atoms. The number of rotatable bonds is 5. The lowest BCUT2D eigenvalue weighted by Gasteiger charge is -2.29. The molecule has 2 atom stereocenters. The Hall–Kier alpha value is -1.75. The minimum atomic E-state index is 0.00437. The van der Waals surface area contributed by atoms with Crippen LogP contribution in [-0.2, 0) is 4.79 Å². The van der Waals surface area contributed by atoms with Crippen LogP contribution in [0.15, 0.2) is 18.2 Å². The Kier molecular flexibility index (Phi) is 5.44. The number of anilines is 1. The summed E-state index contributed by atoms with van der Waals surface area (Å²) in [6.45, 7) is 3.19. The molecule has 1 aromatic rings. The van der Waals surface area contributed by atoms with Gasteiger partial charge in [-0.15, -0.1) is 0 Å². The largest absolute Gasteiger partial charge is 0.497 e. The number of hydrogen-bond donors (Lipinski definition) is 2. The first-order chi connectivity index (χ1) is 10.1. The summed E-state index contributed by atoms with van der Waals surface area (Å²) in [6, 6.07) is 5.62. The number of methoxy groups -OCH3 is 2. The molecule has 1 aliphatic rings. The zero-order valence-corrected chi connectivity index (χ0v) is 12.9. The van der Waals surface area contributed by atoms with E-state index in [1.807, 2.05) is 0 Å². The molecule has 1 heterocycles. The van der Waals surface area contributed by atoms with Gasteiger partial charge in [0.05, 0.1) is 19.9 Å². The zero-order chi connectivity index (χ0) is 15.2. The molecule has 0 saturated carbocycles. The SMILES string of the molecule is COc1ccc(NC(=O)CC2NCCCC2C)c(OC)c1. The van der Waals surface area contributed by atoms with E-state index < -0.39 is 0 Å². The Morgan fingerprint density at radius 1 is 1.38 bits per heavy atom. The minimum Gasteiger partial charge on any atom is -0.497 e. The molecule has 0 bridgehead atoms. The van der Waals surface area contributed by atoms with Crippen LogP contribution in [0, 0.1) is 5.92 Å². The van der Waals surface area contributed by atoms with Gasteiger partial charge in [-0.3, -0.25) is 4.79 Å². The summed E-state index contributed by atoms with van der Waals surface area (Å²) in [6.07, 6.45) is 2.85. The molecule has 0 radical (unpaired) electrons. The van der Waals surface area contributed by atoms with Crippen molar-refractivity contribution in [3.8, 4) is 11.5 Å². The Bertz CT molecular complexity index is 490. The van der Waals surface area contributed by atoms with Crippen LogP contribution in [0.4, 0.5) is 5.69 Å². The van der Waals surface area contributed by atoms with E-state index in [2.05, 4.69) is 17.6 Å².